The third-order valence-electron chi connectivity index (χ3n) is 1.38. The average molecular weight is 158 g/mol. The lowest BCUT2D eigenvalue weighted by Crippen LogP contribution is -2.25. The van der Waals surface area contributed by atoms with E-state index >= 15 is 0 Å². The monoisotopic (exact) mass is 158 g/mol. The number of rotatable bonds is 1. The van der Waals surface area contributed by atoms with E-state index in [4.69, 9.17) is 10.6 Å². The summed E-state index contributed by atoms with van der Waals surface area (Å²) in [5.41, 5.74) is -1.94. The molecule has 0 aliphatic heterocycles. The smallest absolute Gasteiger partial charge is 0.313 e. The Morgan fingerprint density at radius 3 is 3.18 bits per heavy atom. The Morgan fingerprint density at radius 2 is 2.64 bits per heavy atom. The van der Waals surface area contributed by atoms with E-state index in [-0.39, 0.29) is 0 Å². The molecule has 0 spiro atoms. The molecule has 0 saturated carbocycles. The average Bonchev–Trinajstić information content (AvgIpc) is 2.20. The molecule has 0 aromatic heterocycles. The van der Waals surface area contributed by atoms with Crippen molar-refractivity contribution in [2.24, 2.45) is 5.41 Å². The van der Waals surface area contributed by atoms with Crippen molar-refractivity contribution < 1.29 is 20.5 Å². The first-order chi connectivity index (χ1) is 6.74. The highest BCUT2D eigenvalue weighted by Gasteiger charge is 2.30. The molecule has 0 heterocycles. The second kappa shape index (κ2) is 2.42. The molecule has 60 valence electrons. The molecule has 1 aliphatic carbocycles. The number of aliphatic hydroxyl groups excluding tert-OH is 1. The van der Waals surface area contributed by atoms with Crippen LogP contribution >= 0.6 is 0 Å². The van der Waals surface area contributed by atoms with E-state index in [1.54, 1.807) is 0 Å². The van der Waals surface area contributed by atoms with Gasteiger partial charge in [-0.05, 0) is 25.4 Å². The fourth-order valence-corrected chi connectivity index (χ4v) is 0.589. The largest absolute Gasteiger partial charge is 0.508 e. The molecule has 3 heteroatoms. The predicted octanol–water partition coefficient (Wildman–Crippen LogP) is 1.48. The zero-order valence-corrected chi connectivity index (χ0v) is 5.88. The van der Waals surface area contributed by atoms with E-state index in [9.17, 15) is 9.90 Å². The van der Waals surface area contributed by atoms with E-state index < -0.39 is 41.7 Å². The van der Waals surface area contributed by atoms with Crippen LogP contribution < -0.4 is 0 Å². The molecule has 11 heavy (non-hydrogen) atoms. The number of carboxylic acid groups (broad SMARTS) is 1. The van der Waals surface area contributed by atoms with Gasteiger partial charge in [-0.1, -0.05) is 6.05 Å². The first-order valence-electron chi connectivity index (χ1n) is 5.06. The maximum Gasteiger partial charge on any atom is 0.313 e. The summed E-state index contributed by atoms with van der Waals surface area (Å²) in [5, 5.41) is 18.1. The van der Waals surface area contributed by atoms with E-state index in [2.05, 4.69) is 0 Å². The minimum Gasteiger partial charge on any atom is -0.508 e. The Balaban J connectivity index is 3.45. The van der Waals surface area contributed by atoms with Crippen LogP contribution in [-0.4, -0.2) is 16.2 Å². The molecule has 1 rings (SSSR count). The molecular formula is C8H10O3. The van der Waals surface area contributed by atoms with Gasteiger partial charge in [0.05, 0.1) is 9.53 Å². The summed E-state index contributed by atoms with van der Waals surface area (Å²) in [6, 6.07) is -1.99. The van der Waals surface area contributed by atoms with Crippen LogP contribution in [0.3, 0.4) is 0 Å². The van der Waals surface area contributed by atoms with Gasteiger partial charge in [0, 0.05) is 1.37 Å². The highest BCUT2D eigenvalue weighted by molar-refractivity contribution is 5.77. The van der Waals surface area contributed by atoms with Crippen LogP contribution in [0, 0.1) is 5.41 Å². The van der Waals surface area contributed by atoms with E-state index in [1.807, 2.05) is 0 Å². The van der Waals surface area contributed by atoms with E-state index in [1.165, 1.54) is 0 Å². The van der Waals surface area contributed by atoms with Crippen molar-refractivity contribution in [2.45, 2.75) is 13.3 Å². The minimum atomic E-state index is -1.94. The number of carboxylic acids is 1. The normalized spacial score (nSPS) is 44.3. The zero-order valence-electron chi connectivity index (χ0n) is 9.88. The van der Waals surface area contributed by atoms with Gasteiger partial charge < -0.3 is 10.2 Å². The lowest BCUT2D eigenvalue weighted by molar-refractivity contribution is -0.145. The summed E-state index contributed by atoms with van der Waals surface area (Å²) in [6.07, 6.45) is -1.57. The molecule has 0 amide bonds. The van der Waals surface area contributed by atoms with Gasteiger partial charge >= 0.3 is 5.97 Å². The Hall–Kier alpha value is -1.25. The molecular weight excluding hydrogens is 144 g/mol. The number of hydrogen-bond acceptors (Lipinski definition) is 2. The molecule has 2 N–H and O–H groups in total. The van der Waals surface area contributed by atoms with Crippen molar-refractivity contribution in [3.63, 3.8) is 0 Å². The lowest BCUT2D eigenvalue weighted by Gasteiger charge is -2.21. The lowest BCUT2D eigenvalue weighted by atomic mass is 9.84. The standard InChI is InChI=1S/C8H10O3/c1-8(7(10)11)4-2-6(9)3-5-8/h2-4,9H,5H2,1H3,(H,10,11)/i2D,3D,4D,5D. The highest BCUT2D eigenvalue weighted by atomic mass is 16.4. The Bertz CT molecular complexity index is 387. The predicted molar refractivity (Wildman–Crippen MR) is 40.2 cm³/mol. The van der Waals surface area contributed by atoms with Crippen LogP contribution in [0.15, 0.2) is 23.9 Å². The summed E-state index contributed by atoms with van der Waals surface area (Å²) >= 11 is 0. The number of aliphatic hydroxyl groups is 1. The quantitative estimate of drug-likeness (QED) is 0.607. The van der Waals surface area contributed by atoms with Gasteiger partial charge in [-0.3, -0.25) is 4.79 Å². The van der Waals surface area contributed by atoms with Gasteiger partial charge in [-0.15, -0.1) is 0 Å². The molecule has 2 atom stereocenters. The first-order valence-corrected chi connectivity index (χ1v) is 2.98. The molecule has 0 bridgehead atoms. The fraction of sp³-hybridized carbons (Fsp3) is 0.375. The molecule has 0 aromatic carbocycles. The van der Waals surface area contributed by atoms with Gasteiger partial charge in [-0.25, -0.2) is 0 Å². The fourth-order valence-electron chi connectivity index (χ4n) is 0.589. The topological polar surface area (TPSA) is 57.5 Å². The molecule has 3 nitrogen and oxygen atoms in total. The summed E-state index contributed by atoms with van der Waals surface area (Å²) in [6.45, 7) is 1.10. The summed E-state index contributed by atoms with van der Waals surface area (Å²) < 4.78 is 29.5. The number of allylic oxidation sites excluding steroid dienone is 2. The number of carbonyl (C=O) groups is 1. The van der Waals surface area contributed by atoms with Crippen LogP contribution in [0.5, 0.6) is 0 Å². The van der Waals surface area contributed by atoms with Gasteiger partial charge in [0.15, 0.2) is 0 Å². The van der Waals surface area contributed by atoms with Crippen LogP contribution in [0.4, 0.5) is 0 Å². The van der Waals surface area contributed by atoms with Crippen molar-refractivity contribution in [1.29, 1.82) is 0 Å². The van der Waals surface area contributed by atoms with Crippen molar-refractivity contribution in [3.8, 4) is 0 Å². The van der Waals surface area contributed by atoms with Gasteiger partial charge in [0.1, 0.15) is 5.76 Å². The number of hydrogen-bond donors (Lipinski definition) is 2. The van der Waals surface area contributed by atoms with Gasteiger partial charge in [-0.2, -0.15) is 0 Å². The van der Waals surface area contributed by atoms with Crippen LogP contribution in [0.25, 0.3) is 0 Å². The maximum atomic E-state index is 10.9. The molecule has 1 aliphatic rings. The zero-order chi connectivity index (χ0) is 12.0. The molecule has 0 saturated heterocycles. The second-order valence-electron chi connectivity index (χ2n) is 2.39. The van der Waals surface area contributed by atoms with Crippen LogP contribution in [-0.2, 0) is 4.79 Å². The van der Waals surface area contributed by atoms with Crippen molar-refractivity contribution in [1.82, 2.24) is 0 Å². The van der Waals surface area contributed by atoms with Crippen molar-refractivity contribution in [2.75, 3.05) is 0 Å². The maximum absolute atomic E-state index is 10.9. The minimum absolute atomic E-state index is 0.638. The van der Waals surface area contributed by atoms with Gasteiger partial charge in [0.25, 0.3) is 0 Å². The summed E-state index contributed by atoms with van der Waals surface area (Å²) in [4.78, 5) is 10.9. The van der Waals surface area contributed by atoms with Crippen molar-refractivity contribution in [3.05, 3.63) is 23.9 Å². The Morgan fingerprint density at radius 1 is 2.00 bits per heavy atom. The highest BCUT2D eigenvalue weighted by Crippen LogP contribution is 2.28. The molecule has 0 radical (unpaired) electrons. The number of aliphatic carboxylic acids is 1. The molecule has 0 aromatic rings. The SMILES string of the molecule is [2H]C1=C([2H])C(C)(C(=O)O)C([2H])C([2H])=C1O. The summed E-state index contributed by atoms with van der Waals surface area (Å²) in [5.74, 6) is -2.24. The second-order valence-corrected chi connectivity index (χ2v) is 2.39. The Labute approximate surface area is 70.3 Å². The third-order valence-corrected chi connectivity index (χ3v) is 1.38. The first kappa shape index (κ1) is 3.95. The molecule has 2 unspecified atom stereocenters. The van der Waals surface area contributed by atoms with E-state index in [0.717, 1.165) is 6.92 Å². The summed E-state index contributed by atoms with van der Waals surface area (Å²) in [7, 11) is 0. The van der Waals surface area contributed by atoms with E-state index in [0.29, 0.717) is 0 Å². The van der Waals surface area contributed by atoms with Crippen molar-refractivity contribution >= 4 is 5.97 Å². The Kier molecular flexibility index (Phi) is 0.867. The van der Waals surface area contributed by atoms with Crippen LogP contribution in [0.1, 0.15) is 18.8 Å². The third kappa shape index (κ3) is 1.42. The van der Waals surface area contributed by atoms with Crippen LogP contribution in [0.2, 0.25) is 0 Å². The molecule has 0 fully saturated rings. The van der Waals surface area contributed by atoms with Gasteiger partial charge in [0.2, 0.25) is 0 Å².